The normalized spacial score (nSPS) is 14.4. The van der Waals surface area contributed by atoms with Crippen LogP contribution in [0.15, 0.2) is 67.0 Å². The summed E-state index contributed by atoms with van der Waals surface area (Å²) in [6.45, 7) is 1.09. The van der Waals surface area contributed by atoms with Crippen LogP contribution >= 0.6 is 0 Å². The third-order valence-corrected chi connectivity index (χ3v) is 6.28. The number of H-pyrrole nitrogens is 1. The summed E-state index contributed by atoms with van der Waals surface area (Å²) >= 11 is 0. The largest absolute Gasteiger partial charge is 0.359 e. The van der Waals surface area contributed by atoms with E-state index >= 15 is 0 Å². The number of hydrogen-bond donors (Lipinski definition) is 2. The van der Waals surface area contributed by atoms with E-state index < -0.39 is 0 Å². The van der Waals surface area contributed by atoms with Crippen molar-refractivity contribution in [2.45, 2.75) is 12.8 Å². The van der Waals surface area contributed by atoms with Gasteiger partial charge < -0.3 is 15.2 Å². The number of hydrogen-bond acceptors (Lipinski definition) is 4. The first-order valence-corrected chi connectivity index (χ1v) is 11.1. The minimum absolute atomic E-state index is 0.0405. The Labute approximate surface area is 191 Å². The number of benzene rings is 1. The van der Waals surface area contributed by atoms with Crippen LogP contribution in [0, 0.1) is 5.92 Å². The van der Waals surface area contributed by atoms with E-state index in [0.717, 1.165) is 33.4 Å². The number of pyridine rings is 2. The number of fused-ring (bicyclic) bond motifs is 1. The van der Waals surface area contributed by atoms with E-state index in [0.29, 0.717) is 31.6 Å². The standard InChI is InChI=1S/C26H25N5O2/c1-27-25(32)18-9-12-31(13-10-18)26(33)23-21(8-5-11-28-23)20-14-19-15-22(30-24(19)29-16-20)17-6-3-2-4-7-17/h2-8,11,14-16,18H,9-10,12-13H2,1H3,(H,27,32)(H,29,30). The predicted molar refractivity (Wildman–Crippen MR) is 127 cm³/mol. The summed E-state index contributed by atoms with van der Waals surface area (Å²) in [6.07, 6.45) is 4.74. The zero-order valence-corrected chi connectivity index (χ0v) is 18.4. The van der Waals surface area contributed by atoms with Gasteiger partial charge in [0.2, 0.25) is 5.91 Å². The Kier molecular flexibility index (Phi) is 5.60. The molecule has 7 heteroatoms. The molecule has 5 rings (SSSR count). The molecular weight excluding hydrogens is 414 g/mol. The van der Waals surface area contributed by atoms with Crippen LogP contribution in [-0.4, -0.2) is 51.8 Å². The van der Waals surface area contributed by atoms with E-state index in [1.54, 1.807) is 24.3 Å². The van der Waals surface area contributed by atoms with Crippen molar-refractivity contribution in [1.29, 1.82) is 0 Å². The highest BCUT2D eigenvalue weighted by atomic mass is 16.2. The van der Waals surface area contributed by atoms with Crippen LogP contribution in [0.3, 0.4) is 0 Å². The van der Waals surface area contributed by atoms with Crippen molar-refractivity contribution >= 4 is 22.8 Å². The van der Waals surface area contributed by atoms with Gasteiger partial charge in [-0.1, -0.05) is 36.4 Å². The highest BCUT2D eigenvalue weighted by molar-refractivity contribution is 6.00. The maximum atomic E-state index is 13.3. The molecular formula is C26H25N5O2. The molecule has 0 unspecified atom stereocenters. The smallest absolute Gasteiger partial charge is 0.273 e. The first kappa shape index (κ1) is 20.9. The maximum Gasteiger partial charge on any atom is 0.273 e. The Morgan fingerprint density at radius 1 is 1.00 bits per heavy atom. The van der Waals surface area contributed by atoms with Crippen molar-refractivity contribution in [3.63, 3.8) is 0 Å². The van der Waals surface area contributed by atoms with E-state index in [1.165, 1.54) is 0 Å². The van der Waals surface area contributed by atoms with Crippen molar-refractivity contribution in [3.8, 4) is 22.4 Å². The van der Waals surface area contributed by atoms with E-state index in [2.05, 4.69) is 38.5 Å². The molecule has 33 heavy (non-hydrogen) atoms. The highest BCUT2D eigenvalue weighted by Gasteiger charge is 2.29. The minimum Gasteiger partial charge on any atom is -0.359 e. The summed E-state index contributed by atoms with van der Waals surface area (Å²) in [7, 11) is 1.65. The summed E-state index contributed by atoms with van der Waals surface area (Å²) in [5.41, 5.74) is 4.90. The molecule has 0 atom stereocenters. The van der Waals surface area contributed by atoms with Crippen molar-refractivity contribution in [3.05, 3.63) is 72.7 Å². The second kappa shape index (κ2) is 8.86. The summed E-state index contributed by atoms with van der Waals surface area (Å²) < 4.78 is 0. The lowest BCUT2D eigenvalue weighted by Crippen LogP contribution is -2.42. The van der Waals surface area contributed by atoms with Crippen LogP contribution in [0.5, 0.6) is 0 Å². The molecule has 1 saturated heterocycles. The van der Waals surface area contributed by atoms with Gasteiger partial charge in [-0.25, -0.2) is 4.98 Å². The number of nitrogens with zero attached hydrogens (tertiary/aromatic N) is 3. The van der Waals surface area contributed by atoms with Crippen molar-refractivity contribution < 1.29 is 9.59 Å². The molecule has 1 aromatic carbocycles. The summed E-state index contributed by atoms with van der Waals surface area (Å²) in [4.78, 5) is 39.4. The Morgan fingerprint density at radius 2 is 1.79 bits per heavy atom. The van der Waals surface area contributed by atoms with E-state index in [-0.39, 0.29) is 17.7 Å². The second-order valence-corrected chi connectivity index (χ2v) is 8.29. The van der Waals surface area contributed by atoms with Gasteiger partial charge in [-0.15, -0.1) is 0 Å². The van der Waals surface area contributed by atoms with Crippen LogP contribution in [0.25, 0.3) is 33.4 Å². The Morgan fingerprint density at radius 3 is 2.55 bits per heavy atom. The van der Waals surface area contributed by atoms with Crippen molar-refractivity contribution in [2.24, 2.45) is 5.92 Å². The number of aromatic nitrogens is 3. The molecule has 0 spiro atoms. The third-order valence-electron chi connectivity index (χ3n) is 6.28. The summed E-state index contributed by atoms with van der Waals surface area (Å²) in [5.74, 6) is -0.109. The van der Waals surface area contributed by atoms with Crippen LogP contribution in [0.4, 0.5) is 0 Å². The molecule has 0 bridgehead atoms. The van der Waals surface area contributed by atoms with Crippen LogP contribution < -0.4 is 5.32 Å². The molecule has 3 aromatic heterocycles. The summed E-state index contributed by atoms with van der Waals surface area (Å²) in [5, 5.41) is 3.68. The Hall–Kier alpha value is -4.00. The lowest BCUT2D eigenvalue weighted by atomic mass is 9.95. The fraction of sp³-hybridized carbons (Fsp3) is 0.231. The van der Waals surface area contributed by atoms with Crippen LogP contribution in [0.1, 0.15) is 23.3 Å². The van der Waals surface area contributed by atoms with Gasteiger partial charge in [-0.2, -0.15) is 0 Å². The number of aromatic amines is 1. The third kappa shape index (κ3) is 4.09. The fourth-order valence-electron chi connectivity index (χ4n) is 4.44. The van der Waals surface area contributed by atoms with Crippen molar-refractivity contribution in [2.75, 3.05) is 20.1 Å². The highest BCUT2D eigenvalue weighted by Crippen LogP contribution is 2.29. The second-order valence-electron chi connectivity index (χ2n) is 8.29. The number of likely N-dealkylation sites (tertiary alicyclic amines) is 1. The van der Waals surface area contributed by atoms with Gasteiger partial charge in [0.05, 0.1) is 0 Å². The minimum atomic E-state index is -0.111. The quantitative estimate of drug-likeness (QED) is 0.505. The van der Waals surface area contributed by atoms with Gasteiger partial charge >= 0.3 is 0 Å². The van der Waals surface area contributed by atoms with Gasteiger partial charge in [0.15, 0.2) is 0 Å². The Balaban J connectivity index is 1.43. The first-order valence-electron chi connectivity index (χ1n) is 11.1. The topological polar surface area (TPSA) is 91.0 Å². The first-order chi connectivity index (χ1) is 16.1. The lowest BCUT2D eigenvalue weighted by Gasteiger charge is -2.31. The lowest BCUT2D eigenvalue weighted by molar-refractivity contribution is -0.125. The molecule has 166 valence electrons. The Bertz CT molecular complexity index is 1310. The van der Waals surface area contributed by atoms with E-state index in [9.17, 15) is 9.59 Å². The molecule has 7 nitrogen and oxygen atoms in total. The van der Waals surface area contributed by atoms with Gasteiger partial charge in [0.25, 0.3) is 5.91 Å². The average Bonchev–Trinajstić information content (AvgIpc) is 3.32. The van der Waals surface area contributed by atoms with Gasteiger partial charge in [-0.3, -0.25) is 14.6 Å². The molecule has 0 radical (unpaired) electrons. The van der Waals surface area contributed by atoms with Crippen molar-refractivity contribution in [1.82, 2.24) is 25.2 Å². The predicted octanol–water partition coefficient (Wildman–Crippen LogP) is 3.89. The number of piperidine rings is 1. The van der Waals surface area contributed by atoms with E-state index in [1.807, 2.05) is 36.4 Å². The molecule has 2 N–H and O–H groups in total. The van der Waals surface area contributed by atoms with Gasteiger partial charge in [-0.05, 0) is 36.6 Å². The van der Waals surface area contributed by atoms with Crippen LogP contribution in [-0.2, 0) is 4.79 Å². The molecule has 0 saturated carbocycles. The molecule has 1 fully saturated rings. The fourth-order valence-corrected chi connectivity index (χ4v) is 4.44. The molecule has 1 aliphatic rings. The number of rotatable bonds is 4. The molecule has 2 amide bonds. The SMILES string of the molecule is CNC(=O)C1CCN(C(=O)c2ncccc2-c2cnc3[nH]c(-c4ccccc4)cc3c2)CC1. The molecule has 4 heterocycles. The molecule has 1 aliphatic heterocycles. The zero-order valence-electron chi connectivity index (χ0n) is 18.4. The number of carbonyl (C=O) groups is 2. The monoisotopic (exact) mass is 439 g/mol. The van der Waals surface area contributed by atoms with Gasteiger partial charge in [0.1, 0.15) is 11.3 Å². The maximum absolute atomic E-state index is 13.3. The number of carbonyl (C=O) groups excluding carboxylic acids is 2. The number of amides is 2. The zero-order chi connectivity index (χ0) is 22.8. The number of nitrogens with one attached hydrogen (secondary N) is 2. The summed E-state index contributed by atoms with van der Waals surface area (Å²) in [6, 6.07) is 18.0. The van der Waals surface area contributed by atoms with Gasteiger partial charge in [0, 0.05) is 60.7 Å². The molecule has 4 aromatic rings. The molecule has 0 aliphatic carbocycles. The average molecular weight is 440 g/mol. The van der Waals surface area contributed by atoms with E-state index in [4.69, 9.17) is 0 Å². The van der Waals surface area contributed by atoms with Crippen LogP contribution in [0.2, 0.25) is 0 Å².